The second kappa shape index (κ2) is 3.23. The minimum atomic E-state index is -2.29. The summed E-state index contributed by atoms with van der Waals surface area (Å²) in [5, 5.41) is 0. The third-order valence-electron chi connectivity index (χ3n) is 0.151. The molecule has 0 radical (unpaired) electrons. The van der Waals surface area contributed by atoms with Crippen molar-refractivity contribution in [3.63, 3.8) is 0 Å². The van der Waals surface area contributed by atoms with E-state index in [2.05, 4.69) is 4.84 Å². The highest BCUT2D eigenvalue weighted by Gasteiger charge is 1.67. The van der Waals surface area contributed by atoms with Crippen molar-refractivity contribution in [1.29, 1.82) is 0 Å². The lowest BCUT2D eigenvalue weighted by atomic mass is 11.7. The van der Waals surface area contributed by atoms with E-state index < -0.39 is 11.3 Å². The summed E-state index contributed by atoms with van der Waals surface area (Å²) in [6, 6.07) is 0. The maximum Gasteiger partial charge on any atom is 0.0583 e. The van der Waals surface area contributed by atoms with Crippen LogP contribution in [0.3, 0.4) is 0 Å². The van der Waals surface area contributed by atoms with Crippen LogP contribution in [0.15, 0.2) is 0 Å². The molecule has 0 aromatic rings. The summed E-state index contributed by atoms with van der Waals surface area (Å²) in [6.07, 6.45) is 0. The van der Waals surface area contributed by atoms with Crippen molar-refractivity contribution in [2.75, 3.05) is 7.11 Å². The summed E-state index contributed by atoms with van der Waals surface area (Å²) in [7, 11) is 1.22. The van der Waals surface area contributed by atoms with Crippen LogP contribution in [-0.4, -0.2) is 15.9 Å². The largest absolute Gasteiger partial charge is 0.758 e. The number of hydrogen-bond donors (Lipinski definition) is 1. The molecule has 1 unspecified atom stereocenters. The van der Waals surface area contributed by atoms with Gasteiger partial charge in [0.05, 0.1) is 7.11 Å². The lowest BCUT2D eigenvalue weighted by Gasteiger charge is -2.00. The Morgan fingerprint density at radius 2 is 2.50 bits per heavy atom. The van der Waals surface area contributed by atoms with Crippen molar-refractivity contribution in [3.05, 3.63) is 0 Å². The Bertz CT molecular complexity index is 54.8. The zero-order valence-corrected chi connectivity index (χ0v) is 3.95. The first kappa shape index (κ1) is 6.03. The summed E-state index contributed by atoms with van der Waals surface area (Å²) >= 11 is -2.29. The normalized spacial score (nSPS) is 14.3. The first-order chi connectivity index (χ1) is 2.77. The molecule has 0 aromatic heterocycles. The Labute approximate surface area is 37.9 Å². The van der Waals surface area contributed by atoms with E-state index in [1.54, 1.807) is 4.89 Å². The molecule has 0 fully saturated rings. The van der Waals surface area contributed by atoms with Gasteiger partial charge in [-0.05, 0) is 0 Å². The Morgan fingerprint density at radius 3 is 2.50 bits per heavy atom. The number of rotatable bonds is 2. The molecule has 0 heterocycles. The molecule has 0 bridgehead atoms. The minimum absolute atomic E-state index is 1.22. The maximum absolute atomic E-state index is 9.36. The molecule has 0 saturated carbocycles. The van der Waals surface area contributed by atoms with Gasteiger partial charge in [0.15, 0.2) is 0 Å². The van der Waals surface area contributed by atoms with Gasteiger partial charge in [-0.3, -0.25) is 9.05 Å². The molecule has 1 N–H and O–H groups in total. The van der Waals surface area contributed by atoms with Gasteiger partial charge < -0.3 is 4.55 Å². The molecule has 0 aliphatic rings. The molecule has 0 aliphatic heterocycles. The van der Waals surface area contributed by atoms with Crippen molar-refractivity contribution in [2.24, 2.45) is 0 Å². The van der Waals surface area contributed by atoms with Crippen molar-refractivity contribution < 1.29 is 13.6 Å². The molecule has 4 nitrogen and oxygen atoms in total. The Kier molecular flexibility index (Phi) is 3.24. The summed E-state index contributed by atoms with van der Waals surface area (Å²) in [6.45, 7) is 0. The first-order valence-corrected chi connectivity index (χ1v) is 2.22. The van der Waals surface area contributed by atoms with E-state index >= 15 is 0 Å². The van der Waals surface area contributed by atoms with E-state index in [9.17, 15) is 8.76 Å². The molecule has 6 heavy (non-hydrogen) atoms. The molecule has 0 aromatic carbocycles. The lowest BCUT2D eigenvalue weighted by molar-refractivity contribution is 0.150. The van der Waals surface area contributed by atoms with Gasteiger partial charge in [0, 0.05) is 11.3 Å². The minimum Gasteiger partial charge on any atom is -0.758 e. The quantitative estimate of drug-likeness (QED) is 0.363. The van der Waals surface area contributed by atoms with Crippen LogP contribution in [0.5, 0.6) is 0 Å². The predicted octanol–water partition coefficient (Wildman–Crippen LogP) is -1.07. The summed E-state index contributed by atoms with van der Waals surface area (Å²) in [5.41, 5.74) is 0. The van der Waals surface area contributed by atoms with Gasteiger partial charge in [-0.1, -0.05) is 0 Å². The van der Waals surface area contributed by atoms with Crippen molar-refractivity contribution >= 4 is 11.3 Å². The second-order valence-corrected chi connectivity index (χ2v) is 1.16. The monoisotopic (exact) mass is 110 g/mol. The first-order valence-electron chi connectivity index (χ1n) is 1.15. The zero-order valence-electron chi connectivity index (χ0n) is 3.13. The number of hydrogen-bond acceptors (Lipinski definition) is 3. The Hall–Kier alpha value is 0.0300. The Balaban J connectivity index is 2.83. The number of nitrogens with one attached hydrogen (secondary N) is 1. The lowest BCUT2D eigenvalue weighted by Crippen LogP contribution is -2.13. The van der Waals surface area contributed by atoms with Crippen LogP contribution in [0.1, 0.15) is 0 Å². The SMILES string of the molecule is CONS(=O)[O-]. The fourth-order valence-electron chi connectivity index (χ4n) is 0.0680. The average molecular weight is 110 g/mol. The van der Waals surface area contributed by atoms with E-state index in [0.717, 1.165) is 0 Å². The maximum atomic E-state index is 9.36. The van der Waals surface area contributed by atoms with E-state index in [4.69, 9.17) is 0 Å². The van der Waals surface area contributed by atoms with Crippen LogP contribution in [0.2, 0.25) is 0 Å². The van der Waals surface area contributed by atoms with Crippen molar-refractivity contribution in [1.82, 2.24) is 4.89 Å². The van der Waals surface area contributed by atoms with Gasteiger partial charge in [-0.15, -0.1) is 4.89 Å². The van der Waals surface area contributed by atoms with Crippen LogP contribution < -0.4 is 4.89 Å². The van der Waals surface area contributed by atoms with Gasteiger partial charge in [-0.25, -0.2) is 0 Å². The third-order valence-corrected chi connectivity index (χ3v) is 0.454. The van der Waals surface area contributed by atoms with Crippen LogP contribution in [0.4, 0.5) is 0 Å². The van der Waals surface area contributed by atoms with Crippen LogP contribution in [-0.2, 0) is 16.1 Å². The molecule has 1 atom stereocenters. The smallest absolute Gasteiger partial charge is 0.0583 e. The predicted molar refractivity (Wildman–Crippen MR) is 19.1 cm³/mol. The highest BCUT2D eigenvalue weighted by atomic mass is 32.2. The second-order valence-electron chi connectivity index (χ2n) is 0.522. The topological polar surface area (TPSA) is 61.4 Å². The van der Waals surface area contributed by atoms with Gasteiger partial charge >= 0.3 is 0 Å². The van der Waals surface area contributed by atoms with Gasteiger partial charge in [0.2, 0.25) is 0 Å². The summed E-state index contributed by atoms with van der Waals surface area (Å²) in [5.74, 6) is 0. The fourth-order valence-corrected chi connectivity index (χ4v) is 0.204. The van der Waals surface area contributed by atoms with E-state index in [1.807, 2.05) is 0 Å². The van der Waals surface area contributed by atoms with Crippen LogP contribution in [0.25, 0.3) is 0 Å². The van der Waals surface area contributed by atoms with Crippen LogP contribution >= 0.6 is 0 Å². The Morgan fingerprint density at radius 1 is 2.00 bits per heavy atom. The molecule has 38 valence electrons. The summed E-state index contributed by atoms with van der Waals surface area (Å²) < 4.78 is 18.7. The molecule has 0 rings (SSSR count). The van der Waals surface area contributed by atoms with Gasteiger partial charge in [-0.2, -0.15) is 0 Å². The fraction of sp³-hybridized carbons (Fsp3) is 1.00. The molecular formula is CH4NO3S-. The van der Waals surface area contributed by atoms with Crippen LogP contribution in [0, 0.1) is 0 Å². The van der Waals surface area contributed by atoms with Gasteiger partial charge in [0.25, 0.3) is 0 Å². The summed E-state index contributed by atoms with van der Waals surface area (Å²) in [4.78, 5) is 5.57. The highest BCUT2D eigenvalue weighted by molar-refractivity contribution is 7.76. The molecular weight excluding hydrogens is 106 g/mol. The van der Waals surface area contributed by atoms with E-state index in [0.29, 0.717) is 0 Å². The van der Waals surface area contributed by atoms with Gasteiger partial charge in [0.1, 0.15) is 0 Å². The average Bonchev–Trinajstić information content (AvgIpc) is 1.35. The molecule has 0 saturated heterocycles. The molecule has 0 amide bonds. The van der Waals surface area contributed by atoms with Crippen molar-refractivity contribution in [2.45, 2.75) is 0 Å². The third kappa shape index (κ3) is 4.03. The standard InChI is InChI=1S/CH5NO3S/c1-5-2-6(3)4/h2H,1H3,(H,3,4)/p-1. The van der Waals surface area contributed by atoms with Crippen molar-refractivity contribution in [3.8, 4) is 0 Å². The van der Waals surface area contributed by atoms with E-state index in [-0.39, 0.29) is 0 Å². The zero-order chi connectivity index (χ0) is 4.99. The molecule has 0 spiro atoms. The molecule has 0 aliphatic carbocycles. The molecule has 5 heteroatoms. The van der Waals surface area contributed by atoms with E-state index in [1.165, 1.54) is 7.11 Å². The highest BCUT2D eigenvalue weighted by Crippen LogP contribution is 1.56.